The molecule has 0 spiro atoms. The van der Waals surface area contributed by atoms with E-state index in [1.807, 2.05) is 25.1 Å². The van der Waals surface area contributed by atoms with E-state index in [4.69, 9.17) is 4.74 Å². The van der Waals surface area contributed by atoms with Crippen molar-refractivity contribution >= 4 is 17.3 Å². The van der Waals surface area contributed by atoms with Gasteiger partial charge in [0.1, 0.15) is 0 Å². The van der Waals surface area contributed by atoms with E-state index in [0.717, 1.165) is 24.2 Å². The number of hydrogen-bond donors (Lipinski definition) is 2. The monoisotopic (exact) mass is 290 g/mol. The van der Waals surface area contributed by atoms with Crippen LogP contribution in [0.3, 0.4) is 0 Å². The first-order chi connectivity index (χ1) is 9.97. The van der Waals surface area contributed by atoms with Crippen molar-refractivity contribution < 1.29 is 9.53 Å². The standard InChI is InChI=1S/C17H26N2O2/c1-5-17(20)19-14-7-6-11(2)16(10-14)18-15-8-12(3)21-13(4)9-15/h6-7,10,12-13,15,18H,5,8-9H2,1-4H3,(H,19,20). The van der Waals surface area contributed by atoms with Gasteiger partial charge in [-0.1, -0.05) is 13.0 Å². The summed E-state index contributed by atoms with van der Waals surface area (Å²) in [4.78, 5) is 11.5. The molecule has 0 aliphatic carbocycles. The summed E-state index contributed by atoms with van der Waals surface area (Å²) in [6, 6.07) is 6.43. The largest absolute Gasteiger partial charge is 0.382 e. The van der Waals surface area contributed by atoms with Gasteiger partial charge in [0, 0.05) is 23.8 Å². The van der Waals surface area contributed by atoms with Crippen LogP contribution in [0, 0.1) is 6.92 Å². The van der Waals surface area contributed by atoms with Gasteiger partial charge in [0.25, 0.3) is 0 Å². The van der Waals surface area contributed by atoms with Gasteiger partial charge >= 0.3 is 0 Å². The van der Waals surface area contributed by atoms with Crippen molar-refractivity contribution in [3.05, 3.63) is 23.8 Å². The third kappa shape index (κ3) is 4.46. The van der Waals surface area contributed by atoms with Crippen LogP contribution in [0.4, 0.5) is 11.4 Å². The summed E-state index contributed by atoms with van der Waals surface area (Å²) in [7, 11) is 0. The maximum atomic E-state index is 11.5. The highest BCUT2D eigenvalue weighted by molar-refractivity contribution is 5.91. The first-order valence-corrected chi connectivity index (χ1v) is 7.80. The molecule has 0 radical (unpaired) electrons. The smallest absolute Gasteiger partial charge is 0.224 e. The van der Waals surface area contributed by atoms with Crippen LogP contribution in [0.25, 0.3) is 0 Å². The molecule has 2 atom stereocenters. The zero-order valence-electron chi connectivity index (χ0n) is 13.4. The van der Waals surface area contributed by atoms with Gasteiger partial charge in [-0.2, -0.15) is 0 Å². The van der Waals surface area contributed by atoms with E-state index >= 15 is 0 Å². The minimum Gasteiger partial charge on any atom is -0.382 e. The molecule has 1 fully saturated rings. The lowest BCUT2D eigenvalue weighted by molar-refractivity contribution is -0.115. The Morgan fingerprint density at radius 1 is 1.29 bits per heavy atom. The Bertz CT molecular complexity index is 492. The Morgan fingerprint density at radius 3 is 2.57 bits per heavy atom. The van der Waals surface area contributed by atoms with Crippen LogP contribution in [0.2, 0.25) is 0 Å². The third-order valence-corrected chi connectivity index (χ3v) is 3.90. The number of carbonyl (C=O) groups excluding carboxylic acids is 1. The van der Waals surface area contributed by atoms with Crippen LogP contribution in [0.15, 0.2) is 18.2 Å². The number of amides is 1. The maximum Gasteiger partial charge on any atom is 0.224 e. The minimum absolute atomic E-state index is 0.0399. The zero-order chi connectivity index (χ0) is 15.4. The van der Waals surface area contributed by atoms with Gasteiger partial charge in [-0.15, -0.1) is 0 Å². The van der Waals surface area contributed by atoms with Gasteiger partial charge < -0.3 is 15.4 Å². The summed E-state index contributed by atoms with van der Waals surface area (Å²) in [5.74, 6) is 0.0399. The number of rotatable bonds is 4. The van der Waals surface area contributed by atoms with Crippen molar-refractivity contribution in [2.75, 3.05) is 10.6 Å². The lowest BCUT2D eigenvalue weighted by Crippen LogP contribution is -2.37. The maximum absolute atomic E-state index is 11.5. The van der Waals surface area contributed by atoms with Crippen LogP contribution in [-0.4, -0.2) is 24.2 Å². The summed E-state index contributed by atoms with van der Waals surface area (Å²) < 4.78 is 5.78. The fourth-order valence-corrected chi connectivity index (χ4v) is 2.85. The number of carbonyl (C=O) groups is 1. The molecule has 2 rings (SSSR count). The molecule has 4 heteroatoms. The SMILES string of the molecule is CCC(=O)Nc1ccc(C)c(NC2CC(C)OC(C)C2)c1. The Morgan fingerprint density at radius 2 is 1.95 bits per heavy atom. The van der Waals surface area contributed by atoms with Crippen LogP contribution in [0.5, 0.6) is 0 Å². The highest BCUT2D eigenvalue weighted by Crippen LogP contribution is 2.26. The van der Waals surface area contributed by atoms with Crippen LogP contribution in [0.1, 0.15) is 45.6 Å². The molecule has 1 aliphatic rings. The summed E-state index contributed by atoms with van der Waals surface area (Å²) in [5, 5.41) is 6.52. The molecule has 4 nitrogen and oxygen atoms in total. The average molecular weight is 290 g/mol. The number of ether oxygens (including phenoxy) is 1. The van der Waals surface area contributed by atoms with Gasteiger partial charge in [-0.25, -0.2) is 0 Å². The predicted molar refractivity (Wildman–Crippen MR) is 86.8 cm³/mol. The summed E-state index contributed by atoms with van der Waals surface area (Å²) in [6.07, 6.45) is 3.08. The molecule has 0 bridgehead atoms. The second kappa shape index (κ2) is 6.94. The number of aryl methyl sites for hydroxylation is 1. The number of hydrogen-bond acceptors (Lipinski definition) is 3. The van der Waals surface area contributed by atoms with Crippen molar-refractivity contribution in [3.8, 4) is 0 Å². The topological polar surface area (TPSA) is 50.4 Å². The fraction of sp³-hybridized carbons (Fsp3) is 0.588. The van der Waals surface area contributed by atoms with E-state index < -0.39 is 0 Å². The summed E-state index contributed by atoms with van der Waals surface area (Å²) in [5.41, 5.74) is 3.13. The van der Waals surface area contributed by atoms with Crippen LogP contribution >= 0.6 is 0 Å². The Kier molecular flexibility index (Phi) is 5.23. The molecule has 0 aromatic heterocycles. The van der Waals surface area contributed by atoms with Crippen molar-refractivity contribution in [1.29, 1.82) is 0 Å². The molecule has 0 saturated carbocycles. The van der Waals surface area contributed by atoms with Crippen molar-refractivity contribution in [2.24, 2.45) is 0 Å². The molecule has 1 saturated heterocycles. The molecular formula is C17H26N2O2. The van der Waals surface area contributed by atoms with E-state index in [-0.39, 0.29) is 18.1 Å². The Labute approximate surface area is 127 Å². The molecule has 21 heavy (non-hydrogen) atoms. The van der Waals surface area contributed by atoms with Crippen LogP contribution in [-0.2, 0) is 9.53 Å². The molecule has 116 valence electrons. The molecule has 1 aromatic carbocycles. The Hall–Kier alpha value is -1.55. The van der Waals surface area contributed by atoms with Gasteiger partial charge in [0.15, 0.2) is 0 Å². The van der Waals surface area contributed by atoms with Gasteiger partial charge in [-0.05, 0) is 51.3 Å². The highest BCUT2D eigenvalue weighted by atomic mass is 16.5. The van der Waals surface area contributed by atoms with E-state index in [9.17, 15) is 4.79 Å². The van der Waals surface area contributed by atoms with Crippen molar-refractivity contribution in [2.45, 2.75) is 65.2 Å². The number of anilines is 2. The molecule has 1 aromatic rings. The molecular weight excluding hydrogens is 264 g/mol. The van der Waals surface area contributed by atoms with E-state index in [1.54, 1.807) is 0 Å². The van der Waals surface area contributed by atoms with Gasteiger partial charge in [-0.3, -0.25) is 4.79 Å². The lowest BCUT2D eigenvalue weighted by atomic mass is 9.99. The van der Waals surface area contributed by atoms with Crippen molar-refractivity contribution in [3.63, 3.8) is 0 Å². The first-order valence-electron chi connectivity index (χ1n) is 7.80. The third-order valence-electron chi connectivity index (χ3n) is 3.90. The normalized spacial score (nSPS) is 25.4. The minimum atomic E-state index is 0.0399. The van der Waals surface area contributed by atoms with Crippen molar-refractivity contribution in [1.82, 2.24) is 0 Å². The average Bonchev–Trinajstić information content (AvgIpc) is 2.41. The highest BCUT2D eigenvalue weighted by Gasteiger charge is 2.24. The second-order valence-electron chi connectivity index (χ2n) is 6.00. The van der Waals surface area contributed by atoms with Gasteiger partial charge in [0.05, 0.1) is 12.2 Å². The Balaban J connectivity index is 2.08. The second-order valence-corrected chi connectivity index (χ2v) is 6.00. The van der Waals surface area contributed by atoms with Gasteiger partial charge in [0.2, 0.25) is 5.91 Å². The molecule has 2 N–H and O–H groups in total. The van der Waals surface area contributed by atoms with E-state index in [0.29, 0.717) is 12.5 Å². The predicted octanol–water partition coefficient (Wildman–Crippen LogP) is 3.71. The number of benzene rings is 1. The van der Waals surface area contributed by atoms with E-state index in [2.05, 4.69) is 31.4 Å². The summed E-state index contributed by atoms with van der Waals surface area (Å²) >= 11 is 0. The quantitative estimate of drug-likeness (QED) is 0.888. The fourth-order valence-electron chi connectivity index (χ4n) is 2.85. The molecule has 1 heterocycles. The van der Waals surface area contributed by atoms with E-state index in [1.165, 1.54) is 5.56 Å². The van der Waals surface area contributed by atoms with Crippen LogP contribution < -0.4 is 10.6 Å². The number of nitrogens with one attached hydrogen (secondary N) is 2. The zero-order valence-corrected chi connectivity index (χ0v) is 13.4. The first kappa shape index (κ1) is 15.8. The molecule has 1 aliphatic heterocycles. The lowest BCUT2D eigenvalue weighted by Gasteiger charge is -2.33. The summed E-state index contributed by atoms with van der Waals surface area (Å²) in [6.45, 7) is 8.18. The molecule has 1 amide bonds. The molecule has 2 unspecified atom stereocenters.